The number of hydrogen-bond donors (Lipinski definition) is 0. The second-order valence-electron chi connectivity index (χ2n) is 4.38. The van der Waals surface area contributed by atoms with E-state index in [-0.39, 0.29) is 5.69 Å². The van der Waals surface area contributed by atoms with Gasteiger partial charge in [-0.25, -0.2) is 9.78 Å². The number of imidazole rings is 2. The minimum atomic E-state index is 0.0315. The zero-order valence-electron chi connectivity index (χ0n) is 10.5. The predicted molar refractivity (Wildman–Crippen MR) is 66.1 cm³/mol. The molecule has 2 aromatic rings. The lowest BCUT2D eigenvalue weighted by Gasteiger charge is -2.11. The fraction of sp³-hybridized carbons (Fsp3) is 0.500. The average Bonchev–Trinajstić information content (AvgIpc) is 2.88. The molecule has 0 aliphatic heterocycles. The number of hydrogen-bond acceptors (Lipinski definition) is 2. The summed E-state index contributed by atoms with van der Waals surface area (Å²) in [5.41, 5.74) is 1.08. The third-order valence-electron chi connectivity index (χ3n) is 2.89. The van der Waals surface area contributed by atoms with Crippen molar-refractivity contribution in [3.8, 4) is 0 Å². The Morgan fingerprint density at radius 3 is 2.59 bits per heavy atom. The molecule has 2 rings (SSSR count). The first-order valence-electron chi connectivity index (χ1n) is 5.89. The van der Waals surface area contributed by atoms with Crippen LogP contribution in [0.15, 0.2) is 29.7 Å². The van der Waals surface area contributed by atoms with Crippen LogP contribution in [0.2, 0.25) is 0 Å². The molecule has 0 unspecified atom stereocenters. The SMILES string of the molecule is CCn1ccn(Cc2cncn2C(C)C)c1=O. The Bertz CT molecular complexity index is 547. The second kappa shape index (κ2) is 4.61. The molecule has 0 amide bonds. The van der Waals surface area contributed by atoms with E-state index >= 15 is 0 Å². The van der Waals surface area contributed by atoms with Crippen molar-refractivity contribution in [1.82, 2.24) is 18.7 Å². The van der Waals surface area contributed by atoms with Gasteiger partial charge >= 0.3 is 5.69 Å². The van der Waals surface area contributed by atoms with Crippen LogP contribution in [0.1, 0.15) is 32.5 Å². The van der Waals surface area contributed by atoms with E-state index in [1.807, 2.05) is 31.8 Å². The van der Waals surface area contributed by atoms with Crippen molar-refractivity contribution in [2.45, 2.75) is 39.9 Å². The lowest BCUT2D eigenvalue weighted by molar-refractivity contribution is 0.554. The Morgan fingerprint density at radius 2 is 2.00 bits per heavy atom. The summed E-state index contributed by atoms with van der Waals surface area (Å²) >= 11 is 0. The fourth-order valence-electron chi connectivity index (χ4n) is 1.91. The zero-order valence-corrected chi connectivity index (χ0v) is 10.5. The first-order valence-corrected chi connectivity index (χ1v) is 5.89. The summed E-state index contributed by atoms with van der Waals surface area (Å²) in [6.07, 6.45) is 7.26. The maximum atomic E-state index is 11.9. The van der Waals surface area contributed by atoms with E-state index in [1.165, 1.54) is 0 Å². The van der Waals surface area contributed by atoms with Gasteiger partial charge in [-0.05, 0) is 20.8 Å². The standard InChI is InChI=1S/C12H18N4O/c1-4-14-5-6-15(12(14)17)8-11-7-13-9-16(11)10(2)3/h5-7,9-10H,4,8H2,1-3H3. The van der Waals surface area contributed by atoms with Gasteiger partial charge in [-0.2, -0.15) is 0 Å². The highest BCUT2D eigenvalue weighted by atomic mass is 16.1. The molecule has 17 heavy (non-hydrogen) atoms. The Kier molecular flexibility index (Phi) is 3.17. The van der Waals surface area contributed by atoms with Gasteiger partial charge in [0.15, 0.2) is 0 Å². The van der Waals surface area contributed by atoms with Gasteiger partial charge in [0.25, 0.3) is 0 Å². The molecule has 2 aromatic heterocycles. The summed E-state index contributed by atoms with van der Waals surface area (Å²) in [5, 5.41) is 0. The average molecular weight is 234 g/mol. The van der Waals surface area contributed by atoms with E-state index in [0.717, 1.165) is 5.69 Å². The van der Waals surface area contributed by atoms with Crippen molar-refractivity contribution in [1.29, 1.82) is 0 Å². The predicted octanol–water partition coefficient (Wildman–Crippen LogP) is 1.50. The third kappa shape index (κ3) is 2.18. The van der Waals surface area contributed by atoms with Crippen LogP contribution in [0, 0.1) is 0 Å². The van der Waals surface area contributed by atoms with Crippen LogP contribution in [0.4, 0.5) is 0 Å². The molecule has 0 aliphatic rings. The number of aromatic nitrogens is 4. The maximum Gasteiger partial charge on any atom is 0.328 e. The van der Waals surface area contributed by atoms with E-state index in [9.17, 15) is 4.79 Å². The van der Waals surface area contributed by atoms with E-state index in [2.05, 4.69) is 23.4 Å². The van der Waals surface area contributed by atoms with Crippen molar-refractivity contribution in [2.24, 2.45) is 0 Å². The molecule has 0 aliphatic carbocycles. The normalized spacial score (nSPS) is 11.3. The van der Waals surface area contributed by atoms with Gasteiger partial charge in [-0.15, -0.1) is 0 Å². The summed E-state index contributed by atoms with van der Waals surface area (Å²) in [4.78, 5) is 16.0. The van der Waals surface area contributed by atoms with Gasteiger partial charge in [0.05, 0.1) is 18.6 Å². The molecule has 5 heteroatoms. The van der Waals surface area contributed by atoms with Crippen molar-refractivity contribution >= 4 is 0 Å². The minimum Gasteiger partial charge on any atom is -0.330 e. The molecule has 0 fully saturated rings. The molecule has 0 bridgehead atoms. The van der Waals surface area contributed by atoms with Gasteiger partial charge in [0.2, 0.25) is 0 Å². The summed E-state index contributed by atoms with van der Waals surface area (Å²) < 4.78 is 5.48. The summed E-state index contributed by atoms with van der Waals surface area (Å²) in [7, 11) is 0. The van der Waals surface area contributed by atoms with Gasteiger partial charge in [-0.3, -0.25) is 9.13 Å². The summed E-state index contributed by atoms with van der Waals surface area (Å²) in [5.74, 6) is 0. The molecule has 0 N–H and O–H groups in total. The Labute approximate surface area is 100 Å². The first-order chi connectivity index (χ1) is 8.13. The van der Waals surface area contributed by atoms with Crippen molar-refractivity contribution in [2.75, 3.05) is 0 Å². The lowest BCUT2D eigenvalue weighted by Crippen LogP contribution is -2.24. The molecule has 0 spiro atoms. The largest absolute Gasteiger partial charge is 0.330 e. The Balaban J connectivity index is 2.29. The monoisotopic (exact) mass is 234 g/mol. The molecule has 0 saturated heterocycles. The van der Waals surface area contributed by atoms with Crippen LogP contribution >= 0.6 is 0 Å². The molecule has 92 valence electrons. The van der Waals surface area contributed by atoms with Crippen LogP contribution in [0.25, 0.3) is 0 Å². The molecule has 0 saturated carbocycles. The van der Waals surface area contributed by atoms with Gasteiger partial charge in [0, 0.05) is 31.2 Å². The first kappa shape index (κ1) is 11.7. The second-order valence-corrected chi connectivity index (χ2v) is 4.38. The molecular formula is C12H18N4O. The lowest BCUT2D eigenvalue weighted by atomic mass is 10.3. The highest BCUT2D eigenvalue weighted by Gasteiger charge is 2.08. The third-order valence-corrected chi connectivity index (χ3v) is 2.89. The number of aryl methyl sites for hydroxylation is 1. The molecule has 0 atom stereocenters. The summed E-state index contributed by atoms with van der Waals surface area (Å²) in [6.45, 7) is 7.44. The molecule has 5 nitrogen and oxygen atoms in total. The van der Waals surface area contributed by atoms with Crippen molar-refractivity contribution < 1.29 is 0 Å². The highest BCUT2D eigenvalue weighted by molar-refractivity contribution is 5.01. The van der Waals surface area contributed by atoms with E-state index in [4.69, 9.17) is 0 Å². The van der Waals surface area contributed by atoms with Crippen molar-refractivity contribution in [3.05, 3.63) is 41.1 Å². The molecule has 0 aromatic carbocycles. The van der Waals surface area contributed by atoms with Crippen molar-refractivity contribution in [3.63, 3.8) is 0 Å². The fourth-order valence-corrected chi connectivity index (χ4v) is 1.91. The van der Waals surface area contributed by atoms with Crippen LogP contribution < -0.4 is 5.69 Å². The van der Waals surface area contributed by atoms with E-state index in [0.29, 0.717) is 19.1 Å². The zero-order chi connectivity index (χ0) is 12.4. The summed E-state index contributed by atoms with van der Waals surface area (Å²) in [6, 6.07) is 0.358. The molecule has 0 radical (unpaired) electrons. The van der Waals surface area contributed by atoms with Gasteiger partial charge in [0.1, 0.15) is 0 Å². The van der Waals surface area contributed by atoms with Crippen LogP contribution in [-0.2, 0) is 13.1 Å². The maximum absolute atomic E-state index is 11.9. The van der Waals surface area contributed by atoms with Crippen LogP contribution in [-0.4, -0.2) is 18.7 Å². The van der Waals surface area contributed by atoms with E-state index in [1.54, 1.807) is 9.13 Å². The van der Waals surface area contributed by atoms with E-state index < -0.39 is 0 Å². The number of rotatable bonds is 4. The molecule has 2 heterocycles. The van der Waals surface area contributed by atoms with Gasteiger partial charge in [-0.1, -0.05) is 0 Å². The number of nitrogens with zero attached hydrogens (tertiary/aromatic N) is 4. The minimum absolute atomic E-state index is 0.0315. The Hall–Kier alpha value is -1.78. The van der Waals surface area contributed by atoms with Crippen LogP contribution in [0.3, 0.4) is 0 Å². The molecular weight excluding hydrogens is 216 g/mol. The highest BCUT2D eigenvalue weighted by Crippen LogP contribution is 2.09. The van der Waals surface area contributed by atoms with Crippen LogP contribution in [0.5, 0.6) is 0 Å². The van der Waals surface area contributed by atoms with Gasteiger partial charge < -0.3 is 4.57 Å². The Morgan fingerprint density at radius 1 is 1.29 bits per heavy atom. The quantitative estimate of drug-likeness (QED) is 0.804. The smallest absolute Gasteiger partial charge is 0.328 e. The topological polar surface area (TPSA) is 44.8 Å².